The smallest absolute Gasteiger partial charge is 0.299 e. The van der Waals surface area contributed by atoms with Gasteiger partial charge >= 0.3 is 0 Å². The minimum atomic E-state index is -0.440. The van der Waals surface area contributed by atoms with Crippen LogP contribution in [0.25, 0.3) is 17.0 Å². The normalized spacial score (nSPS) is 10.3. The Hall–Kier alpha value is -2.43. The van der Waals surface area contributed by atoms with Crippen LogP contribution in [0.3, 0.4) is 0 Å². The highest BCUT2D eigenvalue weighted by Gasteiger charge is 2.16. The molecule has 5 heteroatoms. The average molecular weight is 258 g/mol. The summed E-state index contributed by atoms with van der Waals surface area (Å²) in [6.45, 7) is 3.95. The maximum atomic E-state index is 11.1. The summed E-state index contributed by atoms with van der Waals surface area (Å²) in [7, 11) is 1.49. The van der Waals surface area contributed by atoms with E-state index in [9.17, 15) is 10.1 Å². The van der Waals surface area contributed by atoms with Crippen molar-refractivity contribution in [3.63, 3.8) is 0 Å². The zero-order valence-corrected chi connectivity index (χ0v) is 11.0. The fourth-order valence-electron chi connectivity index (χ4n) is 1.92. The zero-order valence-electron chi connectivity index (χ0n) is 11.0. The van der Waals surface area contributed by atoms with Crippen molar-refractivity contribution >= 4 is 22.7 Å². The van der Waals surface area contributed by atoms with Gasteiger partial charge in [-0.25, -0.2) is 4.98 Å². The first-order valence-electron chi connectivity index (χ1n) is 5.79. The Morgan fingerprint density at radius 1 is 1.42 bits per heavy atom. The van der Waals surface area contributed by atoms with Crippen molar-refractivity contribution in [1.29, 1.82) is 0 Å². The summed E-state index contributed by atoms with van der Waals surface area (Å²) in [5.74, 6) is 0.454. The standard InChI is InChI=1S/C14H14N2O3/c1-9(2)6-10-4-5-15-14-12(10)7-11(19-3)8-13(14)16(17)18/h4-8H,1-3H3. The maximum absolute atomic E-state index is 11.1. The number of nitrogens with zero attached hydrogens (tertiary/aromatic N) is 2. The number of fused-ring (bicyclic) bond motifs is 1. The number of nitro groups is 1. The second kappa shape index (κ2) is 5.06. The highest BCUT2D eigenvalue weighted by atomic mass is 16.6. The Morgan fingerprint density at radius 2 is 2.16 bits per heavy atom. The SMILES string of the molecule is COc1cc([N+](=O)[O-])c2nccc(C=C(C)C)c2c1. The summed E-state index contributed by atoms with van der Waals surface area (Å²) in [5.41, 5.74) is 2.34. The van der Waals surface area contributed by atoms with Gasteiger partial charge in [0.1, 0.15) is 11.3 Å². The minimum Gasteiger partial charge on any atom is -0.496 e. The summed E-state index contributed by atoms with van der Waals surface area (Å²) < 4.78 is 5.12. The van der Waals surface area contributed by atoms with E-state index in [-0.39, 0.29) is 5.69 Å². The number of allylic oxidation sites excluding steroid dienone is 1. The molecule has 0 N–H and O–H groups in total. The van der Waals surface area contributed by atoms with Crippen molar-refractivity contribution in [3.05, 3.63) is 45.6 Å². The first kappa shape index (κ1) is 13.0. The first-order chi connectivity index (χ1) is 9.02. The predicted octanol–water partition coefficient (Wildman–Crippen LogP) is 3.57. The molecule has 0 aliphatic rings. The van der Waals surface area contributed by atoms with Crippen molar-refractivity contribution in [2.45, 2.75) is 13.8 Å². The molecule has 0 saturated carbocycles. The van der Waals surface area contributed by atoms with E-state index in [1.165, 1.54) is 13.2 Å². The number of hydrogen-bond donors (Lipinski definition) is 0. The molecule has 0 bridgehead atoms. The molecule has 0 aliphatic carbocycles. The van der Waals surface area contributed by atoms with Gasteiger partial charge in [-0.2, -0.15) is 0 Å². The van der Waals surface area contributed by atoms with E-state index in [1.54, 1.807) is 12.3 Å². The van der Waals surface area contributed by atoms with Crippen LogP contribution in [0, 0.1) is 10.1 Å². The number of rotatable bonds is 3. The van der Waals surface area contributed by atoms with Crippen molar-refractivity contribution in [1.82, 2.24) is 4.98 Å². The van der Waals surface area contributed by atoms with Gasteiger partial charge in [-0.15, -0.1) is 0 Å². The number of methoxy groups -OCH3 is 1. The van der Waals surface area contributed by atoms with E-state index < -0.39 is 4.92 Å². The fourth-order valence-corrected chi connectivity index (χ4v) is 1.92. The van der Waals surface area contributed by atoms with Gasteiger partial charge in [-0.3, -0.25) is 10.1 Å². The van der Waals surface area contributed by atoms with Crippen molar-refractivity contribution < 1.29 is 9.66 Å². The Balaban J connectivity index is 2.85. The minimum absolute atomic E-state index is 0.0432. The Morgan fingerprint density at radius 3 is 2.74 bits per heavy atom. The number of hydrogen-bond acceptors (Lipinski definition) is 4. The van der Waals surface area contributed by atoms with Crippen molar-refractivity contribution in [2.24, 2.45) is 0 Å². The van der Waals surface area contributed by atoms with Gasteiger partial charge in [-0.05, 0) is 31.5 Å². The average Bonchev–Trinajstić information content (AvgIpc) is 2.37. The highest BCUT2D eigenvalue weighted by molar-refractivity contribution is 5.94. The monoisotopic (exact) mass is 258 g/mol. The number of aromatic nitrogens is 1. The highest BCUT2D eigenvalue weighted by Crippen LogP contribution is 2.32. The van der Waals surface area contributed by atoms with Gasteiger partial charge in [0.2, 0.25) is 0 Å². The van der Waals surface area contributed by atoms with E-state index in [0.29, 0.717) is 11.3 Å². The zero-order chi connectivity index (χ0) is 14.0. The van der Waals surface area contributed by atoms with Crippen molar-refractivity contribution in [3.8, 4) is 5.75 Å². The van der Waals surface area contributed by atoms with E-state index >= 15 is 0 Å². The summed E-state index contributed by atoms with van der Waals surface area (Å²) >= 11 is 0. The predicted molar refractivity (Wildman–Crippen MR) is 74.3 cm³/mol. The summed E-state index contributed by atoms with van der Waals surface area (Å²) in [4.78, 5) is 14.8. The summed E-state index contributed by atoms with van der Waals surface area (Å²) in [6, 6.07) is 4.99. The molecule has 2 aromatic rings. The number of benzene rings is 1. The number of pyridine rings is 1. The molecule has 98 valence electrons. The van der Waals surface area contributed by atoms with Crippen LogP contribution in [-0.4, -0.2) is 17.0 Å². The fraction of sp³-hybridized carbons (Fsp3) is 0.214. The molecule has 1 heterocycles. The largest absolute Gasteiger partial charge is 0.496 e. The lowest BCUT2D eigenvalue weighted by atomic mass is 10.1. The second-order valence-electron chi connectivity index (χ2n) is 4.42. The molecule has 0 aliphatic heterocycles. The lowest BCUT2D eigenvalue weighted by Crippen LogP contribution is -1.95. The van der Waals surface area contributed by atoms with Gasteiger partial charge in [0.25, 0.3) is 5.69 Å². The molecule has 0 saturated heterocycles. The Bertz CT molecular complexity index is 674. The first-order valence-corrected chi connectivity index (χ1v) is 5.79. The van der Waals surface area contributed by atoms with E-state index in [2.05, 4.69) is 4.98 Å². The third-order valence-corrected chi connectivity index (χ3v) is 2.71. The molecular formula is C14H14N2O3. The van der Waals surface area contributed by atoms with Crippen LogP contribution in [-0.2, 0) is 0 Å². The van der Waals surface area contributed by atoms with Crippen LogP contribution in [0.5, 0.6) is 5.75 Å². The van der Waals surface area contributed by atoms with Gasteiger partial charge in [0.05, 0.1) is 18.1 Å². The quantitative estimate of drug-likeness (QED) is 0.623. The molecule has 1 aromatic carbocycles. The topological polar surface area (TPSA) is 65.3 Å². The molecule has 2 rings (SSSR count). The lowest BCUT2D eigenvalue weighted by Gasteiger charge is -2.06. The van der Waals surface area contributed by atoms with Crippen LogP contribution in [0.1, 0.15) is 19.4 Å². The molecule has 5 nitrogen and oxygen atoms in total. The van der Waals surface area contributed by atoms with Crippen LogP contribution in [0.4, 0.5) is 5.69 Å². The molecule has 1 aromatic heterocycles. The van der Waals surface area contributed by atoms with Gasteiger partial charge < -0.3 is 4.74 Å². The van der Waals surface area contributed by atoms with E-state index in [1.807, 2.05) is 26.0 Å². The van der Waals surface area contributed by atoms with Crippen molar-refractivity contribution in [2.75, 3.05) is 7.11 Å². The van der Waals surface area contributed by atoms with Crippen LogP contribution >= 0.6 is 0 Å². The number of nitro benzene ring substituents is 1. The molecule has 0 atom stereocenters. The third kappa shape index (κ3) is 2.54. The number of non-ortho nitro benzene ring substituents is 1. The second-order valence-corrected chi connectivity index (χ2v) is 4.42. The molecule has 0 amide bonds. The van der Waals surface area contributed by atoms with Crippen LogP contribution < -0.4 is 4.74 Å². The van der Waals surface area contributed by atoms with Crippen LogP contribution in [0.2, 0.25) is 0 Å². The summed E-state index contributed by atoms with van der Waals surface area (Å²) in [5, 5.41) is 11.8. The molecule has 19 heavy (non-hydrogen) atoms. The Kier molecular flexibility index (Phi) is 3.46. The Labute approximate surface area is 110 Å². The van der Waals surface area contributed by atoms with Gasteiger partial charge in [-0.1, -0.05) is 11.6 Å². The number of ether oxygens (including phenoxy) is 1. The van der Waals surface area contributed by atoms with Crippen LogP contribution in [0.15, 0.2) is 30.0 Å². The summed E-state index contributed by atoms with van der Waals surface area (Å²) in [6.07, 6.45) is 3.55. The van der Waals surface area contributed by atoms with E-state index in [4.69, 9.17) is 4.74 Å². The molecule has 0 spiro atoms. The molecule has 0 fully saturated rings. The maximum Gasteiger partial charge on any atom is 0.299 e. The molecular weight excluding hydrogens is 244 g/mol. The van der Waals surface area contributed by atoms with E-state index in [0.717, 1.165) is 16.5 Å². The van der Waals surface area contributed by atoms with Gasteiger partial charge in [0.15, 0.2) is 0 Å². The molecule has 0 radical (unpaired) electrons. The van der Waals surface area contributed by atoms with Gasteiger partial charge in [0, 0.05) is 11.6 Å². The third-order valence-electron chi connectivity index (χ3n) is 2.71. The molecule has 0 unspecified atom stereocenters. The lowest BCUT2D eigenvalue weighted by molar-refractivity contribution is -0.383.